The van der Waals surface area contributed by atoms with Gasteiger partial charge in [-0.3, -0.25) is 14.9 Å². The van der Waals surface area contributed by atoms with E-state index in [1.54, 1.807) is 23.1 Å². The van der Waals surface area contributed by atoms with Crippen LogP contribution in [0, 0.1) is 10.1 Å². The molecule has 1 heterocycles. The van der Waals surface area contributed by atoms with E-state index in [9.17, 15) is 19.7 Å². The standard InChI is InChI=1S/C18H17N3O5/c1-26-18(23)20-9-8-12-6-7-14(10-13(12)11-20)19-17(22)15-4-2-3-5-16(15)21(24)25/h2-7,10H,8-9,11H2,1H3,(H,19,22). The van der Waals surface area contributed by atoms with Crippen LogP contribution in [0.5, 0.6) is 0 Å². The van der Waals surface area contributed by atoms with Crippen molar-refractivity contribution < 1.29 is 19.2 Å². The van der Waals surface area contributed by atoms with Crippen molar-refractivity contribution in [2.75, 3.05) is 19.0 Å². The van der Waals surface area contributed by atoms with Crippen LogP contribution in [-0.2, 0) is 17.7 Å². The average molecular weight is 355 g/mol. The first-order chi connectivity index (χ1) is 12.5. The number of nitrogens with one attached hydrogen (secondary N) is 1. The Bertz CT molecular complexity index is 881. The second kappa shape index (κ2) is 7.22. The van der Waals surface area contributed by atoms with Gasteiger partial charge < -0.3 is 15.0 Å². The highest BCUT2D eigenvalue weighted by Gasteiger charge is 2.23. The van der Waals surface area contributed by atoms with Crippen LogP contribution in [0.1, 0.15) is 21.5 Å². The summed E-state index contributed by atoms with van der Waals surface area (Å²) in [6.45, 7) is 0.957. The fourth-order valence-electron chi connectivity index (χ4n) is 2.94. The number of hydrogen-bond acceptors (Lipinski definition) is 5. The van der Waals surface area contributed by atoms with E-state index >= 15 is 0 Å². The molecule has 0 aromatic heterocycles. The fourth-order valence-corrected chi connectivity index (χ4v) is 2.94. The fraction of sp³-hybridized carbons (Fsp3) is 0.222. The van der Waals surface area contributed by atoms with Crippen molar-refractivity contribution in [3.05, 3.63) is 69.3 Å². The molecular formula is C18H17N3O5. The maximum atomic E-state index is 12.4. The van der Waals surface area contributed by atoms with E-state index in [2.05, 4.69) is 5.32 Å². The minimum absolute atomic E-state index is 0.00796. The van der Waals surface area contributed by atoms with Crippen LogP contribution in [0.15, 0.2) is 42.5 Å². The highest BCUT2D eigenvalue weighted by Crippen LogP contribution is 2.24. The number of carbonyl (C=O) groups is 2. The summed E-state index contributed by atoms with van der Waals surface area (Å²) in [6.07, 6.45) is 0.299. The summed E-state index contributed by atoms with van der Waals surface area (Å²) < 4.78 is 4.75. The molecule has 2 aromatic carbocycles. The lowest BCUT2D eigenvalue weighted by atomic mass is 9.99. The SMILES string of the molecule is COC(=O)N1CCc2ccc(NC(=O)c3ccccc3[N+](=O)[O-])cc2C1. The largest absolute Gasteiger partial charge is 0.453 e. The van der Waals surface area contributed by atoms with E-state index in [-0.39, 0.29) is 11.3 Å². The van der Waals surface area contributed by atoms with Crippen molar-refractivity contribution in [3.8, 4) is 0 Å². The number of anilines is 1. The van der Waals surface area contributed by atoms with Crippen LogP contribution < -0.4 is 5.32 Å². The summed E-state index contributed by atoms with van der Waals surface area (Å²) in [7, 11) is 1.33. The van der Waals surface area contributed by atoms with Crippen molar-refractivity contribution in [1.29, 1.82) is 0 Å². The third kappa shape index (κ3) is 3.49. The van der Waals surface area contributed by atoms with Gasteiger partial charge in [-0.25, -0.2) is 4.79 Å². The summed E-state index contributed by atoms with van der Waals surface area (Å²) in [5, 5.41) is 13.8. The second-order valence-corrected chi connectivity index (χ2v) is 5.85. The first-order valence-electron chi connectivity index (χ1n) is 7.99. The zero-order chi connectivity index (χ0) is 18.7. The van der Waals surface area contributed by atoms with Gasteiger partial charge in [0.25, 0.3) is 11.6 Å². The molecule has 2 aromatic rings. The molecular weight excluding hydrogens is 338 g/mol. The van der Waals surface area contributed by atoms with Gasteiger partial charge in [-0.1, -0.05) is 18.2 Å². The highest BCUT2D eigenvalue weighted by molar-refractivity contribution is 6.07. The Balaban J connectivity index is 1.81. The van der Waals surface area contributed by atoms with Gasteiger partial charge in [0.2, 0.25) is 0 Å². The van der Waals surface area contributed by atoms with Gasteiger partial charge in [0, 0.05) is 24.8 Å². The van der Waals surface area contributed by atoms with Crippen LogP contribution in [0.2, 0.25) is 0 Å². The minimum atomic E-state index is -0.587. The first-order valence-corrected chi connectivity index (χ1v) is 7.99. The Morgan fingerprint density at radius 2 is 1.96 bits per heavy atom. The van der Waals surface area contributed by atoms with Crippen LogP contribution in [0.3, 0.4) is 0 Å². The van der Waals surface area contributed by atoms with Crippen molar-refractivity contribution in [3.63, 3.8) is 0 Å². The molecule has 2 amide bonds. The number of ether oxygens (including phenoxy) is 1. The topological polar surface area (TPSA) is 102 Å². The molecule has 1 aliphatic rings. The number of nitrogens with zero attached hydrogens (tertiary/aromatic N) is 2. The van der Waals surface area contributed by atoms with Crippen molar-refractivity contribution in [1.82, 2.24) is 4.90 Å². The molecule has 0 saturated carbocycles. The van der Waals surface area contributed by atoms with Gasteiger partial charge in [0.05, 0.1) is 12.0 Å². The van der Waals surface area contributed by atoms with E-state index in [1.165, 1.54) is 25.3 Å². The van der Waals surface area contributed by atoms with Gasteiger partial charge in [0.15, 0.2) is 0 Å². The van der Waals surface area contributed by atoms with Gasteiger partial charge >= 0.3 is 6.09 Å². The first kappa shape index (κ1) is 17.4. The summed E-state index contributed by atoms with van der Waals surface area (Å²) in [4.78, 5) is 36.2. The van der Waals surface area contributed by atoms with E-state index < -0.39 is 16.9 Å². The summed E-state index contributed by atoms with van der Waals surface area (Å²) in [5.74, 6) is -0.558. The van der Waals surface area contributed by atoms with Crippen LogP contribution >= 0.6 is 0 Å². The van der Waals surface area contributed by atoms with Gasteiger partial charge in [-0.2, -0.15) is 0 Å². The molecule has 0 fully saturated rings. The number of fused-ring (bicyclic) bond motifs is 1. The van der Waals surface area contributed by atoms with Gasteiger partial charge in [0.1, 0.15) is 5.56 Å². The molecule has 3 rings (SSSR count). The number of rotatable bonds is 3. The van der Waals surface area contributed by atoms with E-state index in [4.69, 9.17) is 4.74 Å². The zero-order valence-corrected chi connectivity index (χ0v) is 14.1. The molecule has 0 bridgehead atoms. The molecule has 0 aliphatic carbocycles. The number of nitro benzene ring substituents is 1. The molecule has 26 heavy (non-hydrogen) atoms. The predicted molar refractivity (Wildman–Crippen MR) is 94.0 cm³/mol. The molecule has 134 valence electrons. The van der Waals surface area contributed by atoms with Gasteiger partial charge in [-0.05, 0) is 35.7 Å². The smallest absolute Gasteiger partial charge is 0.409 e. The number of para-hydroxylation sites is 1. The average Bonchev–Trinajstić information content (AvgIpc) is 2.66. The Labute approximate surface area is 149 Å². The second-order valence-electron chi connectivity index (χ2n) is 5.85. The van der Waals surface area contributed by atoms with Gasteiger partial charge in [-0.15, -0.1) is 0 Å². The molecule has 0 radical (unpaired) electrons. The minimum Gasteiger partial charge on any atom is -0.453 e. The number of nitro groups is 1. The molecule has 1 N–H and O–H groups in total. The van der Waals surface area contributed by atoms with E-state index in [0.29, 0.717) is 25.2 Å². The number of hydrogen-bond donors (Lipinski definition) is 1. The van der Waals surface area contributed by atoms with Crippen LogP contribution in [0.4, 0.5) is 16.2 Å². The molecule has 0 atom stereocenters. The normalized spacial score (nSPS) is 12.9. The molecule has 1 aliphatic heterocycles. The zero-order valence-electron chi connectivity index (χ0n) is 14.1. The monoisotopic (exact) mass is 355 g/mol. The Morgan fingerprint density at radius 1 is 1.19 bits per heavy atom. The third-order valence-corrected chi connectivity index (χ3v) is 4.25. The molecule has 0 spiro atoms. The summed E-state index contributed by atoms with van der Waals surface area (Å²) >= 11 is 0. The maximum absolute atomic E-state index is 12.4. The number of benzene rings is 2. The van der Waals surface area contributed by atoms with Crippen LogP contribution in [0.25, 0.3) is 0 Å². The highest BCUT2D eigenvalue weighted by atomic mass is 16.6. The van der Waals surface area contributed by atoms with E-state index in [0.717, 1.165) is 11.1 Å². The summed E-state index contributed by atoms with van der Waals surface area (Å²) in [5.41, 5.74) is 2.25. The Kier molecular flexibility index (Phi) is 4.83. The molecule has 0 unspecified atom stereocenters. The lowest BCUT2D eigenvalue weighted by Crippen LogP contribution is -2.35. The Hall–Kier alpha value is -3.42. The van der Waals surface area contributed by atoms with Crippen LogP contribution in [-0.4, -0.2) is 35.5 Å². The molecule has 0 saturated heterocycles. The maximum Gasteiger partial charge on any atom is 0.409 e. The van der Waals surface area contributed by atoms with Crippen molar-refractivity contribution >= 4 is 23.4 Å². The van der Waals surface area contributed by atoms with E-state index in [1.807, 2.05) is 6.07 Å². The lowest BCUT2D eigenvalue weighted by molar-refractivity contribution is -0.385. The number of amides is 2. The van der Waals surface area contributed by atoms with Crippen molar-refractivity contribution in [2.45, 2.75) is 13.0 Å². The lowest BCUT2D eigenvalue weighted by Gasteiger charge is -2.28. The molecule has 8 nitrogen and oxygen atoms in total. The Morgan fingerprint density at radius 3 is 2.69 bits per heavy atom. The summed E-state index contributed by atoms with van der Waals surface area (Å²) in [6, 6.07) is 11.2. The predicted octanol–water partition coefficient (Wildman–Crippen LogP) is 2.97. The quantitative estimate of drug-likeness (QED) is 0.674. The third-order valence-electron chi connectivity index (χ3n) is 4.25. The number of carbonyl (C=O) groups excluding carboxylic acids is 2. The van der Waals surface area contributed by atoms with Crippen molar-refractivity contribution in [2.24, 2.45) is 0 Å². The molecule has 8 heteroatoms. The number of methoxy groups -OCH3 is 1.